The van der Waals surface area contributed by atoms with Crippen molar-refractivity contribution in [2.45, 2.75) is 26.4 Å². The van der Waals surface area contributed by atoms with E-state index < -0.39 is 4.92 Å². The predicted octanol–water partition coefficient (Wildman–Crippen LogP) is 2.56. The van der Waals surface area contributed by atoms with Crippen molar-refractivity contribution >= 4 is 5.69 Å². The minimum atomic E-state index is -0.393. The molecular formula is C11H15NO3. The van der Waals surface area contributed by atoms with Crippen LogP contribution in [0.4, 0.5) is 5.69 Å². The van der Waals surface area contributed by atoms with Gasteiger partial charge in [0.05, 0.1) is 11.0 Å². The van der Waals surface area contributed by atoms with Crippen LogP contribution in [0.15, 0.2) is 24.3 Å². The Balaban J connectivity index is 2.60. The van der Waals surface area contributed by atoms with E-state index in [1.165, 1.54) is 12.1 Å². The second-order valence-corrected chi connectivity index (χ2v) is 3.39. The van der Waals surface area contributed by atoms with Crippen LogP contribution in [0.3, 0.4) is 0 Å². The Labute approximate surface area is 89.0 Å². The summed E-state index contributed by atoms with van der Waals surface area (Å²) in [5.41, 5.74) is 1.18. The number of nitro groups is 1. The van der Waals surface area contributed by atoms with Gasteiger partial charge in [0.2, 0.25) is 0 Å². The van der Waals surface area contributed by atoms with Gasteiger partial charge < -0.3 is 4.74 Å². The molecule has 4 nitrogen and oxygen atoms in total. The molecule has 15 heavy (non-hydrogen) atoms. The van der Waals surface area contributed by atoms with E-state index in [0.29, 0.717) is 6.61 Å². The first-order valence-corrected chi connectivity index (χ1v) is 4.98. The third kappa shape index (κ3) is 3.67. The monoisotopic (exact) mass is 209 g/mol. The second kappa shape index (κ2) is 5.46. The quantitative estimate of drug-likeness (QED) is 0.553. The van der Waals surface area contributed by atoms with Crippen molar-refractivity contribution in [1.82, 2.24) is 0 Å². The molecule has 0 heterocycles. The lowest BCUT2D eigenvalue weighted by molar-refractivity contribution is -0.384. The van der Waals surface area contributed by atoms with Gasteiger partial charge in [-0.25, -0.2) is 0 Å². The molecule has 0 amide bonds. The number of nitro benzene ring substituents is 1. The largest absolute Gasteiger partial charge is 0.378 e. The predicted molar refractivity (Wildman–Crippen MR) is 57.9 cm³/mol. The summed E-state index contributed by atoms with van der Waals surface area (Å²) < 4.78 is 5.39. The van der Waals surface area contributed by atoms with Crippen molar-refractivity contribution < 1.29 is 9.66 Å². The van der Waals surface area contributed by atoms with Gasteiger partial charge in [-0.05, 0) is 25.8 Å². The second-order valence-electron chi connectivity index (χ2n) is 3.39. The van der Waals surface area contributed by atoms with Crippen molar-refractivity contribution in [2.75, 3.05) is 6.61 Å². The van der Waals surface area contributed by atoms with Crippen LogP contribution in [0.25, 0.3) is 0 Å². The molecule has 4 heteroatoms. The Kier molecular flexibility index (Phi) is 4.24. The molecule has 0 spiro atoms. The number of non-ortho nitro benzene ring substituents is 1. The van der Waals surface area contributed by atoms with E-state index in [0.717, 1.165) is 12.0 Å². The van der Waals surface area contributed by atoms with E-state index in [2.05, 4.69) is 0 Å². The SMILES string of the molecule is CCOC(C)Cc1ccc([N+](=O)[O-])cc1. The lowest BCUT2D eigenvalue weighted by atomic mass is 10.1. The lowest BCUT2D eigenvalue weighted by Crippen LogP contribution is -2.11. The Morgan fingerprint density at radius 2 is 2.00 bits per heavy atom. The average molecular weight is 209 g/mol. The van der Waals surface area contributed by atoms with Crippen LogP contribution in [0.5, 0.6) is 0 Å². The zero-order valence-corrected chi connectivity index (χ0v) is 8.97. The van der Waals surface area contributed by atoms with Crippen LogP contribution in [-0.4, -0.2) is 17.6 Å². The summed E-state index contributed by atoms with van der Waals surface area (Å²) in [4.78, 5) is 10.0. The maximum Gasteiger partial charge on any atom is 0.269 e. The van der Waals surface area contributed by atoms with Gasteiger partial charge in [0.15, 0.2) is 0 Å². The number of hydrogen-bond acceptors (Lipinski definition) is 3. The molecule has 82 valence electrons. The molecule has 0 bridgehead atoms. The smallest absolute Gasteiger partial charge is 0.269 e. The average Bonchev–Trinajstić information content (AvgIpc) is 2.18. The number of rotatable bonds is 5. The summed E-state index contributed by atoms with van der Waals surface area (Å²) in [6.07, 6.45) is 0.933. The van der Waals surface area contributed by atoms with Gasteiger partial charge in [-0.15, -0.1) is 0 Å². The summed E-state index contributed by atoms with van der Waals surface area (Å²) in [5.74, 6) is 0. The number of hydrogen-bond donors (Lipinski definition) is 0. The molecule has 0 aliphatic rings. The van der Waals surface area contributed by atoms with Gasteiger partial charge in [-0.3, -0.25) is 10.1 Å². The third-order valence-electron chi connectivity index (χ3n) is 2.12. The number of ether oxygens (including phenoxy) is 1. The van der Waals surface area contributed by atoms with Crippen LogP contribution < -0.4 is 0 Å². The van der Waals surface area contributed by atoms with Crippen LogP contribution in [0.2, 0.25) is 0 Å². The highest BCUT2D eigenvalue weighted by molar-refractivity contribution is 5.33. The maximum absolute atomic E-state index is 10.4. The number of nitrogens with zero attached hydrogens (tertiary/aromatic N) is 1. The first-order valence-electron chi connectivity index (χ1n) is 4.98. The topological polar surface area (TPSA) is 52.4 Å². The van der Waals surface area contributed by atoms with Gasteiger partial charge >= 0.3 is 0 Å². The fraction of sp³-hybridized carbons (Fsp3) is 0.455. The molecule has 1 aromatic carbocycles. The van der Waals surface area contributed by atoms with Crippen molar-refractivity contribution in [3.05, 3.63) is 39.9 Å². The molecule has 0 saturated heterocycles. The molecule has 0 radical (unpaired) electrons. The van der Waals surface area contributed by atoms with Crippen LogP contribution in [0.1, 0.15) is 19.4 Å². The van der Waals surface area contributed by atoms with Crippen LogP contribution in [0, 0.1) is 10.1 Å². The summed E-state index contributed by atoms with van der Waals surface area (Å²) in [7, 11) is 0. The highest BCUT2D eigenvalue weighted by Gasteiger charge is 2.06. The highest BCUT2D eigenvalue weighted by atomic mass is 16.6. The molecule has 0 aliphatic carbocycles. The van der Waals surface area contributed by atoms with Gasteiger partial charge in [0.25, 0.3) is 5.69 Å². The molecule has 0 saturated carbocycles. The zero-order valence-electron chi connectivity index (χ0n) is 8.97. The molecule has 1 unspecified atom stereocenters. The molecule has 0 aliphatic heterocycles. The Bertz CT molecular complexity index is 321. The van der Waals surface area contributed by atoms with Gasteiger partial charge in [-0.2, -0.15) is 0 Å². The Hall–Kier alpha value is -1.42. The van der Waals surface area contributed by atoms with Gasteiger partial charge in [0, 0.05) is 18.7 Å². The van der Waals surface area contributed by atoms with E-state index in [9.17, 15) is 10.1 Å². The van der Waals surface area contributed by atoms with E-state index in [1.54, 1.807) is 12.1 Å². The first kappa shape index (κ1) is 11.7. The van der Waals surface area contributed by atoms with Crippen LogP contribution in [-0.2, 0) is 11.2 Å². The molecule has 1 atom stereocenters. The first-order chi connectivity index (χ1) is 7.13. The van der Waals surface area contributed by atoms with Crippen molar-refractivity contribution in [3.63, 3.8) is 0 Å². The minimum Gasteiger partial charge on any atom is -0.378 e. The summed E-state index contributed by atoms with van der Waals surface area (Å²) in [6.45, 7) is 4.63. The summed E-state index contributed by atoms with van der Waals surface area (Å²) in [5, 5.41) is 10.4. The summed E-state index contributed by atoms with van der Waals surface area (Å²) in [6, 6.07) is 6.59. The number of benzene rings is 1. The van der Waals surface area contributed by atoms with Gasteiger partial charge in [0.1, 0.15) is 0 Å². The Morgan fingerprint density at radius 1 is 1.40 bits per heavy atom. The maximum atomic E-state index is 10.4. The highest BCUT2D eigenvalue weighted by Crippen LogP contribution is 2.13. The molecule has 1 aromatic rings. The molecular weight excluding hydrogens is 194 g/mol. The molecule has 1 rings (SSSR count). The standard InChI is InChI=1S/C11H15NO3/c1-3-15-9(2)8-10-4-6-11(7-5-10)12(13)14/h4-7,9H,3,8H2,1-2H3. The van der Waals surface area contributed by atoms with E-state index in [4.69, 9.17) is 4.74 Å². The van der Waals surface area contributed by atoms with Crippen LogP contribution >= 0.6 is 0 Å². The Morgan fingerprint density at radius 3 is 2.47 bits per heavy atom. The third-order valence-corrected chi connectivity index (χ3v) is 2.12. The van der Waals surface area contributed by atoms with Gasteiger partial charge in [-0.1, -0.05) is 12.1 Å². The molecule has 0 aromatic heterocycles. The molecule has 0 N–H and O–H groups in total. The lowest BCUT2D eigenvalue weighted by Gasteiger charge is -2.10. The van der Waals surface area contributed by atoms with Crippen molar-refractivity contribution in [3.8, 4) is 0 Å². The summed E-state index contributed by atoms with van der Waals surface area (Å²) >= 11 is 0. The fourth-order valence-electron chi connectivity index (χ4n) is 1.43. The van der Waals surface area contributed by atoms with Crippen molar-refractivity contribution in [1.29, 1.82) is 0 Å². The van der Waals surface area contributed by atoms with E-state index in [-0.39, 0.29) is 11.8 Å². The van der Waals surface area contributed by atoms with E-state index >= 15 is 0 Å². The normalized spacial score (nSPS) is 12.4. The minimum absolute atomic E-state index is 0.128. The van der Waals surface area contributed by atoms with E-state index in [1.807, 2.05) is 13.8 Å². The fourth-order valence-corrected chi connectivity index (χ4v) is 1.43. The van der Waals surface area contributed by atoms with Crippen molar-refractivity contribution in [2.24, 2.45) is 0 Å². The zero-order chi connectivity index (χ0) is 11.3. The molecule has 0 fully saturated rings.